The SMILES string of the molecule is CS(=O)(=O)c1ccc(C(=O)N2CCN(c3ccccc3Cl)CC2)cc1. The molecule has 132 valence electrons. The second-order valence-electron chi connectivity index (χ2n) is 6.03. The average Bonchev–Trinajstić information content (AvgIpc) is 2.61. The van der Waals surface area contributed by atoms with E-state index in [4.69, 9.17) is 11.6 Å². The molecule has 0 unspecified atom stereocenters. The lowest BCUT2D eigenvalue weighted by molar-refractivity contribution is 0.0746. The highest BCUT2D eigenvalue weighted by molar-refractivity contribution is 7.90. The number of anilines is 1. The van der Waals surface area contributed by atoms with Gasteiger partial charge in [-0.05, 0) is 36.4 Å². The van der Waals surface area contributed by atoms with Crippen LogP contribution in [0, 0.1) is 0 Å². The van der Waals surface area contributed by atoms with Crippen molar-refractivity contribution in [3.8, 4) is 0 Å². The quantitative estimate of drug-likeness (QED) is 0.824. The van der Waals surface area contributed by atoms with E-state index in [-0.39, 0.29) is 10.8 Å². The second kappa shape index (κ2) is 7.06. The lowest BCUT2D eigenvalue weighted by Gasteiger charge is -2.36. The van der Waals surface area contributed by atoms with Gasteiger partial charge >= 0.3 is 0 Å². The Morgan fingerprint density at radius 2 is 1.56 bits per heavy atom. The maximum atomic E-state index is 12.6. The molecule has 25 heavy (non-hydrogen) atoms. The maximum absolute atomic E-state index is 12.6. The zero-order chi connectivity index (χ0) is 18.0. The normalized spacial score (nSPS) is 15.3. The number of piperazine rings is 1. The molecule has 0 saturated carbocycles. The fourth-order valence-electron chi connectivity index (χ4n) is 2.89. The summed E-state index contributed by atoms with van der Waals surface area (Å²) in [7, 11) is -3.26. The molecule has 5 nitrogen and oxygen atoms in total. The molecule has 1 amide bonds. The first-order valence-electron chi connectivity index (χ1n) is 7.95. The van der Waals surface area contributed by atoms with Crippen LogP contribution in [0.1, 0.15) is 10.4 Å². The fourth-order valence-corrected chi connectivity index (χ4v) is 3.77. The fraction of sp³-hybridized carbons (Fsp3) is 0.278. The van der Waals surface area contributed by atoms with Crippen LogP contribution in [0.15, 0.2) is 53.4 Å². The second-order valence-corrected chi connectivity index (χ2v) is 8.45. The first kappa shape index (κ1) is 17.8. The number of rotatable bonds is 3. The van der Waals surface area contributed by atoms with E-state index in [0.717, 1.165) is 11.9 Å². The summed E-state index contributed by atoms with van der Waals surface area (Å²) >= 11 is 6.23. The van der Waals surface area contributed by atoms with Crippen molar-refractivity contribution in [1.82, 2.24) is 4.90 Å². The van der Waals surface area contributed by atoms with Crippen LogP contribution in [0.5, 0.6) is 0 Å². The molecule has 1 heterocycles. The molecule has 2 aromatic rings. The number of carbonyl (C=O) groups excluding carboxylic acids is 1. The van der Waals surface area contributed by atoms with Crippen LogP contribution < -0.4 is 4.90 Å². The van der Waals surface area contributed by atoms with Crippen LogP contribution in [0.3, 0.4) is 0 Å². The minimum atomic E-state index is -3.26. The van der Waals surface area contributed by atoms with Gasteiger partial charge < -0.3 is 9.80 Å². The molecule has 0 N–H and O–H groups in total. The molecule has 0 aromatic heterocycles. The summed E-state index contributed by atoms with van der Waals surface area (Å²) in [6, 6.07) is 13.8. The molecule has 0 spiro atoms. The average molecular weight is 379 g/mol. The van der Waals surface area contributed by atoms with Crippen LogP contribution in [0.2, 0.25) is 5.02 Å². The molecule has 7 heteroatoms. The molecule has 0 atom stereocenters. The maximum Gasteiger partial charge on any atom is 0.253 e. The summed E-state index contributed by atoms with van der Waals surface area (Å²) < 4.78 is 23.0. The predicted molar refractivity (Wildman–Crippen MR) is 99.1 cm³/mol. The van der Waals surface area contributed by atoms with E-state index < -0.39 is 9.84 Å². The number of amides is 1. The number of hydrogen-bond donors (Lipinski definition) is 0. The molecule has 0 radical (unpaired) electrons. The minimum Gasteiger partial charge on any atom is -0.367 e. The number of nitrogens with zero attached hydrogens (tertiary/aromatic N) is 2. The van der Waals surface area contributed by atoms with Crippen LogP contribution >= 0.6 is 11.6 Å². The van der Waals surface area contributed by atoms with E-state index in [1.54, 1.807) is 17.0 Å². The van der Waals surface area contributed by atoms with Crippen molar-refractivity contribution < 1.29 is 13.2 Å². The number of para-hydroxylation sites is 1. The Balaban J connectivity index is 1.67. The highest BCUT2D eigenvalue weighted by Crippen LogP contribution is 2.26. The predicted octanol–water partition coefficient (Wildman–Crippen LogP) is 2.71. The van der Waals surface area contributed by atoms with Crippen molar-refractivity contribution in [2.45, 2.75) is 4.90 Å². The molecule has 0 bridgehead atoms. The molecule has 2 aromatic carbocycles. The summed E-state index contributed by atoms with van der Waals surface area (Å²) in [4.78, 5) is 16.8. The highest BCUT2D eigenvalue weighted by atomic mass is 35.5. The van der Waals surface area contributed by atoms with Crippen LogP contribution in [-0.2, 0) is 9.84 Å². The topological polar surface area (TPSA) is 57.7 Å². The van der Waals surface area contributed by atoms with E-state index >= 15 is 0 Å². The van der Waals surface area contributed by atoms with Gasteiger partial charge in [0.2, 0.25) is 0 Å². The van der Waals surface area contributed by atoms with Gasteiger partial charge in [-0.3, -0.25) is 4.79 Å². The largest absolute Gasteiger partial charge is 0.367 e. The molecule has 1 saturated heterocycles. The molecule has 1 aliphatic heterocycles. The van der Waals surface area contributed by atoms with Crippen molar-refractivity contribution in [2.24, 2.45) is 0 Å². The molecule has 0 aliphatic carbocycles. The van der Waals surface area contributed by atoms with Crippen LogP contribution in [0.25, 0.3) is 0 Å². The van der Waals surface area contributed by atoms with Crippen molar-refractivity contribution >= 4 is 33.0 Å². The summed E-state index contributed by atoms with van der Waals surface area (Å²) in [6.07, 6.45) is 1.15. The van der Waals surface area contributed by atoms with Gasteiger partial charge in [-0.2, -0.15) is 0 Å². The summed E-state index contributed by atoms with van der Waals surface area (Å²) in [5, 5.41) is 0.707. The van der Waals surface area contributed by atoms with Gasteiger partial charge in [0.25, 0.3) is 5.91 Å². The van der Waals surface area contributed by atoms with E-state index in [9.17, 15) is 13.2 Å². The van der Waals surface area contributed by atoms with Gasteiger partial charge in [-0.1, -0.05) is 23.7 Å². The molecule has 1 aliphatic rings. The van der Waals surface area contributed by atoms with Gasteiger partial charge in [-0.15, -0.1) is 0 Å². The van der Waals surface area contributed by atoms with E-state index in [0.29, 0.717) is 36.8 Å². The van der Waals surface area contributed by atoms with E-state index in [1.807, 2.05) is 24.3 Å². The standard InChI is InChI=1S/C18H19ClN2O3S/c1-25(23,24)15-8-6-14(7-9-15)18(22)21-12-10-20(11-13-21)17-5-3-2-4-16(17)19/h2-9H,10-13H2,1H3. The van der Waals surface area contributed by atoms with Crippen molar-refractivity contribution in [1.29, 1.82) is 0 Å². The lowest BCUT2D eigenvalue weighted by atomic mass is 10.1. The smallest absolute Gasteiger partial charge is 0.253 e. The first-order chi connectivity index (χ1) is 11.9. The highest BCUT2D eigenvalue weighted by Gasteiger charge is 2.23. The van der Waals surface area contributed by atoms with Crippen LogP contribution in [0.4, 0.5) is 5.69 Å². The third kappa shape index (κ3) is 3.96. The van der Waals surface area contributed by atoms with Gasteiger partial charge in [-0.25, -0.2) is 8.42 Å². The third-order valence-electron chi connectivity index (χ3n) is 4.29. The van der Waals surface area contributed by atoms with Gasteiger partial charge in [0, 0.05) is 38.0 Å². The molecule has 3 rings (SSSR count). The van der Waals surface area contributed by atoms with Crippen LogP contribution in [-0.4, -0.2) is 51.7 Å². The van der Waals surface area contributed by atoms with E-state index in [2.05, 4.69) is 4.90 Å². The lowest BCUT2D eigenvalue weighted by Crippen LogP contribution is -2.48. The van der Waals surface area contributed by atoms with Crippen molar-refractivity contribution in [3.05, 3.63) is 59.1 Å². The Morgan fingerprint density at radius 1 is 0.960 bits per heavy atom. The number of hydrogen-bond acceptors (Lipinski definition) is 4. The third-order valence-corrected chi connectivity index (χ3v) is 5.74. The van der Waals surface area contributed by atoms with Gasteiger partial charge in [0.1, 0.15) is 0 Å². The molecular formula is C18H19ClN2O3S. The Hall–Kier alpha value is -2.05. The summed E-state index contributed by atoms with van der Waals surface area (Å²) in [5.41, 5.74) is 1.48. The van der Waals surface area contributed by atoms with Gasteiger partial charge in [0.05, 0.1) is 15.6 Å². The Kier molecular flexibility index (Phi) is 5.01. The minimum absolute atomic E-state index is 0.0844. The van der Waals surface area contributed by atoms with E-state index in [1.165, 1.54) is 12.1 Å². The number of benzene rings is 2. The molecular weight excluding hydrogens is 360 g/mol. The zero-order valence-electron chi connectivity index (χ0n) is 13.9. The van der Waals surface area contributed by atoms with Crippen molar-refractivity contribution in [2.75, 3.05) is 37.3 Å². The summed E-state index contributed by atoms with van der Waals surface area (Å²) in [5.74, 6) is -0.0844. The Bertz CT molecular complexity index is 873. The molecule has 1 fully saturated rings. The van der Waals surface area contributed by atoms with Crippen molar-refractivity contribution in [3.63, 3.8) is 0 Å². The first-order valence-corrected chi connectivity index (χ1v) is 10.2. The Labute approximate surface area is 152 Å². The van der Waals surface area contributed by atoms with Gasteiger partial charge in [0.15, 0.2) is 9.84 Å². The number of carbonyl (C=O) groups is 1. The number of halogens is 1. The summed E-state index contributed by atoms with van der Waals surface area (Å²) in [6.45, 7) is 2.60. The zero-order valence-corrected chi connectivity index (χ0v) is 15.4. The Morgan fingerprint density at radius 3 is 2.12 bits per heavy atom. The number of sulfone groups is 1. The monoisotopic (exact) mass is 378 g/mol.